The third-order valence-electron chi connectivity index (χ3n) is 7.44. The van der Waals surface area contributed by atoms with Gasteiger partial charge in [0, 0.05) is 0 Å². The summed E-state index contributed by atoms with van der Waals surface area (Å²) in [6.07, 6.45) is 7.84. The number of allylic oxidation sites excluding steroid dienone is 4. The molecule has 4 atom stereocenters. The van der Waals surface area contributed by atoms with E-state index in [1.165, 1.54) is 24.0 Å². The van der Waals surface area contributed by atoms with Gasteiger partial charge in [0.1, 0.15) is 0 Å². The molecule has 0 spiro atoms. The van der Waals surface area contributed by atoms with E-state index in [1.807, 2.05) is 0 Å². The molecule has 2 aliphatic rings. The van der Waals surface area contributed by atoms with Crippen LogP contribution in [0.3, 0.4) is 0 Å². The second-order valence-corrected chi connectivity index (χ2v) is 17.2. The van der Waals surface area contributed by atoms with Crippen molar-refractivity contribution < 1.29 is 46.1 Å². The minimum absolute atomic E-state index is 0. The van der Waals surface area contributed by atoms with Gasteiger partial charge in [-0.05, 0) is 0 Å². The molecule has 170 valence electrons. The molecule has 0 N–H and O–H groups in total. The summed E-state index contributed by atoms with van der Waals surface area (Å²) >= 11 is -2.05. The van der Waals surface area contributed by atoms with Crippen LogP contribution in [-0.4, -0.2) is 3.21 Å². The molecule has 0 fully saturated rings. The molecule has 0 nitrogen and oxygen atoms in total. The van der Waals surface area contributed by atoms with E-state index in [9.17, 15) is 0 Å². The third kappa shape index (κ3) is 4.87. The van der Waals surface area contributed by atoms with Gasteiger partial charge in [0.15, 0.2) is 0 Å². The molecule has 0 bridgehead atoms. The van der Waals surface area contributed by atoms with E-state index in [2.05, 4.69) is 102 Å². The summed E-state index contributed by atoms with van der Waals surface area (Å²) in [7, 11) is 0. The molecule has 2 aromatic carbocycles. The van der Waals surface area contributed by atoms with Gasteiger partial charge >= 0.3 is 192 Å². The molecule has 2 aromatic rings. The first-order valence-corrected chi connectivity index (χ1v) is 15.8. The van der Waals surface area contributed by atoms with E-state index in [0.29, 0.717) is 19.1 Å². The summed E-state index contributed by atoms with van der Waals surface area (Å²) in [6, 6.07) is 18.6. The fourth-order valence-corrected chi connectivity index (χ4v) is 14.1. The Bertz CT molecular complexity index is 965. The first-order valence-electron chi connectivity index (χ1n) is 11.8. The summed E-state index contributed by atoms with van der Waals surface area (Å²) in [5, 5.41) is 0. The molecule has 0 saturated heterocycles. The molecular weight excluding hydrogens is 510 g/mol. The molecule has 0 heterocycles. The van der Waals surface area contributed by atoms with Crippen molar-refractivity contribution in [3.63, 3.8) is 0 Å². The Morgan fingerprint density at radius 3 is 1.44 bits per heavy atom. The molecule has 0 amide bonds. The number of rotatable bonds is 6. The summed E-state index contributed by atoms with van der Waals surface area (Å²) in [6.45, 7) is 14.3. The standard InChI is InChI=1S/2C13H15.C3H6.2ClH.Zr/c2*1-3-10(2)12-9-8-11-6-4-5-7-13(11)12;1-3-2;;;/h2*4-10H,3H2,1-2H3;1-2H3;2*1H;/q;;;;;+2/p-2. The van der Waals surface area contributed by atoms with E-state index < -0.39 is 21.3 Å². The second kappa shape index (κ2) is 11.6. The largest absolute Gasteiger partial charge is 1.00 e. The van der Waals surface area contributed by atoms with Gasteiger partial charge in [-0.15, -0.1) is 0 Å². The summed E-state index contributed by atoms with van der Waals surface area (Å²) in [5.74, 6) is 1.28. The minimum atomic E-state index is -2.05. The number of fused-ring (bicyclic) bond motifs is 2. The predicted octanol–water partition coefficient (Wildman–Crippen LogP) is 2.19. The normalized spacial score (nSPS) is 19.8. The van der Waals surface area contributed by atoms with Crippen molar-refractivity contribution in [2.24, 2.45) is 11.8 Å². The average molecular weight is 547 g/mol. The van der Waals surface area contributed by atoms with Crippen LogP contribution >= 0.6 is 0 Å². The Morgan fingerprint density at radius 2 is 1.09 bits per heavy atom. The number of hydrogen-bond donors (Lipinski definition) is 0. The minimum Gasteiger partial charge on any atom is -1.00 e. The molecule has 0 aliphatic heterocycles. The molecule has 4 unspecified atom stereocenters. The van der Waals surface area contributed by atoms with Crippen LogP contribution in [0.15, 0.2) is 60.7 Å². The van der Waals surface area contributed by atoms with Crippen LogP contribution in [0.2, 0.25) is 0 Å². The van der Waals surface area contributed by atoms with Gasteiger partial charge in [-0.2, -0.15) is 0 Å². The van der Waals surface area contributed by atoms with Crippen molar-refractivity contribution in [2.75, 3.05) is 0 Å². The molecule has 0 saturated carbocycles. The maximum atomic E-state index is 2.71. The Morgan fingerprint density at radius 1 is 0.719 bits per heavy atom. The maximum absolute atomic E-state index is 2.71. The van der Waals surface area contributed by atoms with E-state index in [1.54, 1.807) is 25.5 Å². The van der Waals surface area contributed by atoms with Crippen molar-refractivity contribution in [3.05, 3.63) is 82.9 Å². The molecule has 4 rings (SSSR count). The van der Waals surface area contributed by atoms with Crippen molar-refractivity contribution in [1.29, 1.82) is 0 Å². The van der Waals surface area contributed by atoms with E-state index in [-0.39, 0.29) is 24.8 Å². The Balaban J connectivity index is 0.00000181. The van der Waals surface area contributed by atoms with Crippen LogP contribution < -0.4 is 24.8 Å². The van der Waals surface area contributed by atoms with Crippen molar-refractivity contribution in [1.82, 2.24) is 0 Å². The molecule has 3 heteroatoms. The number of hydrogen-bond acceptors (Lipinski definition) is 0. The third-order valence-corrected chi connectivity index (χ3v) is 15.9. The first kappa shape index (κ1) is 27.5. The topological polar surface area (TPSA) is 0 Å². The van der Waals surface area contributed by atoms with Crippen LogP contribution in [-0.2, 0) is 21.3 Å². The van der Waals surface area contributed by atoms with Crippen molar-refractivity contribution in [3.8, 4) is 0 Å². The maximum Gasteiger partial charge on any atom is -1.00 e. The SMILES string of the molecule is CCC(C)C1=C[CH]([Zr+2](=[C](C)C)[CH]2C=C(C(C)CC)c3ccccc32)c2ccccc21.[Cl-].[Cl-]. The van der Waals surface area contributed by atoms with Crippen LogP contribution in [0.25, 0.3) is 11.1 Å². The van der Waals surface area contributed by atoms with Gasteiger partial charge in [0.25, 0.3) is 0 Å². The van der Waals surface area contributed by atoms with Crippen molar-refractivity contribution >= 4 is 14.4 Å². The number of halogens is 2. The van der Waals surface area contributed by atoms with Gasteiger partial charge in [0.05, 0.1) is 0 Å². The molecule has 32 heavy (non-hydrogen) atoms. The summed E-state index contributed by atoms with van der Waals surface area (Å²) in [4.78, 5) is 0. The van der Waals surface area contributed by atoms with Gasteiger partial charge in [-0.3, -0.25) is 0 Å². The predicted molar refractivity (Wildman–Crippen MR) is 130 cm³/mol. The monoisotopic (exact) mass is 544 g/mol. The van der Waals surface area contributed by atoms with Crippen molar-refractivity contribution in [2.45, 2.75) is 61.6 Å². The zero-order chi connectivity index (χ0) is 21.4. The first-order chi connectivity index (χ1) is 14.5. The van der Waals surface area contributed by atoms with Crippen LogP contribution in [0.4, 0.5) is 0 Å². The fraction of sp³-hybridized carbons (Fsp3) is 0.414. The second-order valence-electron chi connectivity index (χ2n) is 9.45. The Kier molecular flexibility index (Phi) is 9.96. The summed E-state index contributed by atoms with van der Waals surface area (Å²) in [5.41, 5.74) is 9.52. The van der Waals surface area contributed by atoms with Crippen LogP contribution in [0.1, 0.15) is 83.9 Å². The van der Waals surface area contributed by atoms with E-state index in [4.69, 9.17) is 0 Å². The van der Waals surface area contributed by atoms with Gasteiger partial charge in [0.2, 0.25) is 0 Å². The molecular formula is C29H36Cl2Zr. The van der Waals surface area contributed by atoms with E-state index in [0.717, 1.165) is 0 Å². The van der Waals surface area contributed by atoms with Crippen LogP contribution in [0, 0.1) is 11.8 Å². The molecule has 0 radical (unpaired) electrons. The Labute approximate surface area is 215 Å². The quantitative estimate of drug-likeness (QED) is 0.521. The van der Waals surface area contributed by atoms with Crippen LogP contribution in [0.5, 0.6) is 0 Å². The smallest absolute Gasteiger partial charge is 1.00 e. The Hall–Kier alpha value is -0.747. The van der Waals surface area contributed by atoms with E-state index >= 15 is 0 Å². The molecule has 0 aromatic heterocycles. The van der Waals surface area contributed by atoms with Gasteiger partial charge in [-0.25, -0.2) is 0 Å². The van der Waals surface area contributed by atoms with Gasteiger partial charge < -0.3 is 24.8 Å². The number of benzene rings is 2. The molecule has 2 aliphatic carbocycles. The zero-order valence-corrected chi connectivity index (χ0v) is 24.2. The zero-order valence-electron chi connectivity index (χ0n) is 20.3. The summed E-state index contributed by atoms with van der Waals surface area (Å²) < 4.78 is 3.05. The average Bonchev–Trinajstić information content (AvgIpc) is 3.33. The van der Waals surface area contributed by atoms with Gasteiger partial charge in [-0.1, -0.05) is 0 Å². The fourth-order valence-electron chi connectivity index (χ4n) is 5.41.